The van der Waals surface area contributed by atoms with Crippen LogP contribution in [0.2, 0.25) is 0 Å². The molecule has 1 unspecified atom stereocenters. The normalized spacial score (nSPS) is 16.2. The molecule has 2 heterocycles. The van der Waals surface area contributed by atoms with Gasteiger partial charge in [0.25, 0.3) is 0 Å². The van der Waals surface area contributed by atoms with Gasteiger partial charge in [-0.15, -0.1) is 0 Å². The number of aromatic hydroxyl groups is 1. The lowest BCUT2D eigenvalue weighted by atomic mass is 10.2. The fraction of sp³-hybridized carbons (Fsp3) is 0.591. The van der Waals surface area contributed by atoms with Gasteiger partial charge in [-0.25, -0.2) is 4.98 Å². The lowest BCUT2D eigenvalue weighted by Gasteiger charge is -2.37. The van der Waals surface area contributed by atoms with Gasteiger partial charge in [0.15, 0.2) is 5.06 Å². The number of aromatic nitrogens is 1. The van der Waals surface area contributed by atoms with E-state index >= 15 is 0 Å². The molecule has 3 rings (SSSR count). The maximum Gasteiger partial charge on any atom is 0.194 e. The smallest absolute Gasteiger partial charge is 0.194 e. The van der Waals surface area contributed by atoms with Crippen molar-refractivity contribution in [3.05, 3.63) is 35.0 Å². The quantitative estimate of drug-likeness (QED) is 0.575. The molecule has 0 bridgehead atoms. The van der Waals surface area contributed by atoms with E-state index in [0.29, 0.717) is 18.7 Å². The number of hydrogen-bond donors (Lipinski definition) is 2. The van der Waals surface area contributed by atoms with Gasteiger partial charge in [0, 0.05) is 39.1 Å². The third kappa shape index (κ3) is 6.32. The summed E-state index contributed by atoms with van der Waals surface area (Å²) in [4.78, 5) is 8.98. The first-order valence-corrected chi connectivity index (χ1v) is 11.4. The molecule has 160 valence electrons. The molecule has 2 N–H and O–H groups in total. The highest BCUT2D eigenvalue weighted by Crippen LogP contribution is 2.29. The highest BCUT2D eigenvalue weighted by atomic mass is 32.1. The van der Waals surface area contributed by atoms with E-state index in [0.717, 1.165) is 55.7 Å². The predicted octanol–water partition coefficient (Wildman–Crippen LogP) is 3.45. The van der Waals surface area contributed by atoms with Gasteiger partial charge >= 0.3 is 0 Å². The average molecular weight is 420 g/mol. The van der Waals surface area contributed by atoms with Gasteiger partial charge in [0.05, 0.1) is 29.1 Å². The monoisotopic (exact) mass is 419 g/mol. The Labute approximate surface area is 177 Å². The molecule has 1 aliphatic rings. The zero-order valence-corrected chi connectivity index (χ0v) is 18.3. The second-order valence-corrected chi connectivity index (χ2v) is 8.73. The summed E-state index contributed by atoms with van der Waals surface area (Å²) in [5.74, 6) is 0.969. The standard InChI is InChI=1S/C22H33N3O3S/c1-3-4-7-14-28-20-9-6-5-8-19(20)25-12-10-24(11-13-25)16-18(26)15-21-23-17(2)22(27)29-21/h5-6,8-9,18,26-27H,3-4,7,10-16H2,1-2H3. The molecule has 0 amide bonds. The largest absolute Gasteiger partial charge is 0.498 e. The van der Waals surface area contributed by atoms with E-state index in [1.54, 1.807) is 6.92 Å². The Kier molecular flexibility index (Phi) is 8.15. The highest BCUT2D eigenvalue weighted by Gasteiger charge is 2.22. The number of piperazine rings is 1. The molecule has 1 saturated heterocycles. The molecule has 0 spiro atoms. The molecule has 6 nitrogen and oxygen atoms in total. The molecular weight excluding hydrogens is 386 g/mol. The van der Waals surface area contributed by atoms with Crippen LogP contribution in [0.4, 0.5) is 5.69 Å². The number of hydrogen-bond acceptors (Lipinski definition) is 7. The Morgan fingerprint density at radius 1 is 1.17 bits per heavy atom. The van der Waals surface area contributed by atoms with Gasteiger partial charge in [0.1, 0.15) is 5.75 Å². The number of β-amino-alcohol motifs (C(OH)–C–C–N with tert-alkyl or cyclic N) is 1. The third-order valence-electron chi connectivity index (χ3n) is 5.28. The summed E-state index contributed by atoms with van der Waals surface area (Å²) in [6.07, 6.45) is 3.50. The minimum atomic E-state index is -0.472. The molecule has 1 aromatic heterocycles. The number of thiazole rings is 1. The molecule has 1 atom stereocenters. The van der Waals surface area contributed by atoms with Crippen LogP contribution in [0.1, 0.15) is 36.9 Å². The highest BCUT2D eigenvalue weighted by molar-refractivity contribution is 7.13. The number of anilines is 1. The van der Waals surface area contributed by atoms with Crippen LogP contribution < -0.4 is 9.64 Å². The molecule has 0 aliphatic carbocycles. The van der Waals surface area contributed by atoms with Crippen molar-refractivity contribution in [3.8, 4) is 10.8 Å². The molecule has 29 heavy (non-hydrogen) atoms. The number of nitrogens with zero attached hydrogens (tertiary/aromatic N) is 3. The molecule has 0 radical (unpaired) electrons. The average Bonchev–Trinajstić information content (AvgIpc) is 3.03. The number of para-hydroxylation sites is 2. The Bertz CT molecular complexity index is 740. The number of aliphatic hydroxyl groups is 1. The summed E-state index contributed by atoms with van der Waals surface area (Å²) >= 11 is 1.26. The topological polar surface area (TPSA) is 69.1 Å². The number of ether oxygens (including phenoxy) is 1. The number of benzene rings is 1. The fourth-order valence-electron chi connectivity index (χ4n) is 3.64. The van der Waals surface area contributed by atoms with E-state index in [9.17, 15) is 10.2 Å². The minimum Gasteiger partial charge on any atom is -0.498 e. The molecule has 1 fully saturated rings. The number of aryl methyl sites for hydroxylation is 1. The summed E-state index contributed by atoms with van der Waals surface area (Å²) in [5, 5.41) is 21.1. The van der Waals surface area contributed by atoms with Crippen molar-refractivity contribution in [2.24, 2.45) is 0 Å². The van der Waals surface area contributed by atoms with E-state index in [4.69, 9.17) is 4.74 Å². The van der Waals surface area contributed by atoms with Crippen LogP contribution >= 0.6 is 11.3 Å². The fourth-order valence-corrected chi connectivity index (χ4v) is 4.52. The first-order valence-electron chi connectivity index (χ1n) is 10.6. The van der Waals surface area contributed by atoms with Crippen molar-refractivity contribution in [2.75, 3.05) is 44.2 Å². The van der Waals surface area contributed by atoms with Crippen LogP contribution in [0.5, 0.6) is 10.8 Å². The van der Waals surface area contributed by atoms with Crippen molar-refractivity contribution >= 4 is 17.0 Å². The van der Waals surface area contributed by atoms with Crippen molar-refractivity contribution in [1.29, 1.82) is 0 Å². The minimum absolute atomic E-state index is 0.247. The number of unbranched alkanes of at least 4 members (excludes halogenated alkanes) is 2. The first-order chi connectivity index (χ1) is 14.1. The van der Waals surface area contributed by atoms with E-state index in [-0.39, 0.29) is 5.06 Å². The molecule has 1 aromatic carbocycles. The van der Waals surface area contributed by atoms with Gasteiger partial charge in [-0.3, -0.25) is 4.90 Å². The summed E-state index contributed by atoms with van der Waals surface area (Å²) in [5.41, 5.74) is 1.80. The summed E-state index contributed by atoms with van der Waals surface area (Å²) < 4.78 is 6.04. The third-order valence-corrected chi connectivity index (χ3v) is 6.26. The van der Waals surface area contributed by atoms with E-state index in [1.807, 2.05) is 6.07 Å². The summed E-state index contributed by atoms with van der Waals surface area (Å²) in [6.45, 7) is 9.02. The Morgan fingerprint density at radius 2 is 1.93 bits per heavy atom. The predicted molar refractivity (Wildman–Crippen MR) is 118 cm³/mol. The van der Waals surface area contributed by atoms with Crippen LogP contribution in [-0.2, 0) is 6.42 Å². The van der Waals surface area contributed by atoms with E-state index in [2.05, 4.69) is 39.9 Å². The second-order valence-electron chi connectivity index (χ2n) is 7.67. The van der Waals surface area contributed by atoms with Crippen molar-refractivity contribution in [2.45, 2.75) is 45.6 Å². The van der Waals surface area contributed by atoms with Crippen LogP contribution in [0, 0.1) is 6.92 Å². The van der Waals surface area contributed by atoms with Gasteiger partial charge in [-0.05, 0) is 25.5 Å². The van der Waals surface area contributed by atoms with Crippen LogP contribution in [0.15, 0.2) is 24.3 Å². The molecule has 2 aromatic rings. The van der Waals surface area contributed by atoms with Gasteiger partial charge < -0.3 is 19.8 Å². The summed E-state index contributed by atoms with van der Waals surface area (Å²) in [7, 11) is 0. The number of rotatable bonds is 10. The Balaban J connectivity index is 1.47. The zero-order valence-electron chi connectivity index (χ0n) is 17.5. The maximum absolute atomic E-state index is 10.4. The maximum atomic E-state index is 10.4. The van der Waals surface area contributed by atoms with Crippen molar-refractivity contribution in [3.63, 3.8) is 0 Å². The zero-order chi connectivity index (χ0) is 20.6. The van der Waals surface area contributed by atoms with Crippen molar-refractivity contribution < 1.29 is 14.9 Å². The van der Waals surface area contributed by atoms with Gasteiger partial charge in [-0.2, -0.15) is 0 Å². The van der Waals surface area contributed by atoms with Crippen LogP contribution in [-0.4, -0.2) is 65.5 Å². The Hall–Kier alpha value is -1.83. The van der Waals surface area contributed by atoms with E-state index in [1.165, 1.54) is 24.2 Å². The lowest BCUT2D eigenvalue weighted by molar-refractivity contribution is 0.109. The van der Waals surface area contributed by atoms with Crippen molar-refractivity contribution in [1.82, 2.24) is 9.88 Å². The molecule has 0 saturated carbocycles. The first kappa shape index (κ1) is 21.9. The van der Waals surface area contributed by atoms with Crippen LogP contribution in [0.25, 0.3) is 0 Å². The molecular formula is C22H33N3O3S. The number of aliphatic hydroxyl groups excluding tert-OH is 1. The van der Waals surface area contributed by atoms with Gasteiger partial charge in [-0.1, -0.05) is 43.2 Å². The summed E-state index contributed by atoms with van der Waals surface area (Å²) in [6, 6.07) is 8.29. The SMILES string of the molecule is CCCCCOc1ccccc1N1CCN(CC(O)Cc2nc(C)c(O)s2)CC1. The molecule has 7 heteroatoms. The lowest BCUT2D eigenvalue weighted by Crippen LogP contribution is -2.49. The Morgan fingerprint density at radius 3 is 2.62 bits per heavy atom. The van der Waals surface area contributed by atoms with Crippen LogP contribution in [0.3, 0.4) is 0 Å². The van der Waals surface area contributed by atoms with E-state index < -0.39 is 6.10 Å². The molecule has 1 aliphatic heterocycles. The second kappa shape index (κ2) is 10.8. The van der Waals surface area contributed by atoms with Gasteiger partial charge in [0.2, 0.25) is 0 Å².